The third-order valence-corrected chi connectivity index (χ3v) is 4.88. The van der Waals surface area contributed by atoms with Gasteiger partial charge >= 0.3 is 0 Å². The zero-order valence-electron chi connectivity index (χ0n) is 11.0. The second-order valence-corrected chi connectivity index (χ2v) is 6.30. The minimum Gasteiger partial charge on any atom is -0.381 e. The van der Waals surface area contributed by atoms with Gasteiger partial charge in [0, 0.05) is 19.8 Å². The van der Waals surface area contributed by atoms with Gasteiger partial charge in [-0.1, -0.05) is 42.1 Å². The first kappa shape index (κ1) is 13.0. The summed E-state index contributed by atoms with van der Waals surface area (Å²) in [6.07, 6.45) is 2.41. The number of aliphatic imine (C=N–C) groups is 1. The number of nitrogens with zero attached hydrogens (tertiary/aromatic N) is 1. The smallest absolute Gasteiger partial charge is 0.157 e. The molecule has 0 amide bonds. The number of thioether (sulfide) groups is 1. The first-order valence-corrected chi connectivity index (χ1v) is 7.87. The highest BCUT2D eigenvalue weighted by atomic mass is 32.2. The lowest BCUT2D eigenvalue weighted by Crippen LogP contribution is -2.22. The second kappa shape index (κ2) is 6.44. The molecule has 2 atom stereocenters. The van der Waals surface area contributed by atoms with E-state index in [1.54, 1.807) is 0 Å². The van der Waals surface area contributed by atoms with Crippen molar-refractivity contribution in [2.75, 3.05) is 26.3 Å². The molecule has 0 aliphatic carbocycles. The molecule has 1 aromatic rings. The van der Waals surface area contributed by atoms with Gasteiger partial charge in [-0.15, -0.1) is 0 Å². The van der Waals surface area contributed by atoms with Crippen LogP contribution in [-0.4, -0.2) is 31.5 Å². The summed E-state index contributed by atoms with van der Waals surface area (Å²) in [6.45, 7) is 3.79. The number of hydrogen-bond donors (Lipinski definition) is 1. The molecule has 0 radical (unpaired) electrons. The van der Waals surface area contributed by atoms with Crippen LogP contribution in [-0.2, 0) is 4.74 Å². The van der Waals surface area contributed by atoms with Crippen molar-refractivity contribution >= 4 is 16.9 Å². The van der Waals surface area contributed by atoms with Gasteiger partial charge in [0.2, 0.25) is 0 Å². The fourth-order valence-electron chi connectivity index (χ4n) is 2.51. The van der Waals surface area contributed by atoms with Gasteiger partial charge in [-0.25, -0.2) is 0 Å². The first-order valence-electron chi connectivity index (χ1n) is 6.99. The summed E-state index contributed by atoms with van der Waals surface area (Å²) in [6, 6.07) is 10.6. The molecule has 1 saturated heterocycles. The van der Waals surface area contributed by atoms with Gasteiger partial charge < -0.3 is 10.1 Å². The summed E-state index contributed by atoms with van der Waals surface area (Å²) in [5, 5.41) is 5.05. The molecule has 3 rings (SSSR count). The van der Waals surface area contributed by atoms with Crippen LogP contribution in [0, 0.1) is 5.92 Å². The molecule has 19 heavy (non-hydrogen) atoms. The standard InChI is InChI=1S/C15H20N2OS/c1-2-4-13(5-3-1)14-10-17-15(19-14)16-8-6-12-7-9-18-11-12/h1-5,12,14H,6-11H2,(H,16,17). The number of ether oxygens (including phenoxy) is 1. The Bertz CT molecular complexity index is 429. The molecule has 2 heterocycles. The average Bonchev–Trinajstić information content (AvgIpc) is 3.11. The third-order valence-electron chi connectivity index (χ3n) is 3.68. The molecule has 2 aliphatic heterocycles. The second-order valence-electron chi connectivity index (χ2n) is 5.11. The molecule has 4 heteroatoms. The normalized spacial score (nSPS) is 26.4. The van der Waals surface area contributed by atoms with Crippen LogP contribution in [0.1, 0.15) is 23.7 Å². The lowest BCUT2D eigenvalue weighted by atomic mass is 10.1. The van der Waals surface area contributed by atoms with E-state index >= 15 is 0 Å². The Hall–Kier alpha value is -1.00. The number of benzene rings is 1. The van der Waals surface area contributed by atoms with E-state index in [-0.39, 0.29) is 0 Å². The molecule has 1 fully saturated rings. The molecule has 2 unspecified atom stereocenters. The van der Waals surface area contributed by atoms with Crippen molar-refractivity contribution in [1.82, 2.24) is 5.32 Å². The van der Waals surface area contributed by atoms with Crippen LogP contribution in [0.15, 0.2) is 35.3 Å². The Morgan fingerprint density at radius 1 is 1.32 bits per heavy atom. The van der Waals surface area contributed by atoms with E-state index in [1.165, 1.54) is 18.4 Å². The monoisotopic (exact) mass is 276 g/mol. The molecular formula is C15H20N2OS. The Kier molecular flexibility index (Phi) is 4.41. The molecule has 1 aromatic carbocycles. The molecule has 1 N–H and O–H groups in total. The van der Waals surface area contributed by atoms with E-state index in [4.69, 9.17) is 4.74 Å². The molecule has 0 bridgehead atoms. The number of rotatable bonds is 4. The Labute approximate surface area is 118 Å². The maximum absolute atomic E-state index is 5.39. The molecule has 2 aliphatic rings. The van der Waals surface area contributed by atoms with Crippen LogP contribution in [0.25, 0.3) is 0 Å². The average molecular weight is 276 g/mol. The zero-order chi connectivity index (χ0) is 12.9. The van der Waals surface area contributed by atoms with Crippen LogP contribution < -0.4 is 5.32 Å². The Balaban J connectivity index is 1.41. The number of nitrogens with one attached hydrogen (secondary N) is 1. The predicted molar refractivity (Wildman–Crippen MR) is 80.6 cm³/mol. The highest BCUT2D eigenvalue weighted by Gasteiger charge is 2.21. The number of hydrogen-bond acceptors (Lipinski definition) is 4. The van der Waals surface area contributed by atoms with Gasteiger partial charge in [0.25, 0.3) is 0 Å². The van der Waals surface area contributed by atoms with Crippen LogP contribution in [0.2, 0.25) is 0 Å². The summed E-state index contributed by atoms with van der Waals surface area (Å²) >= 11 is 1.85. The van der Waals surface area contributed by atoms with Gasteiger partial charge in [0.1, 0.15) is 0 Å². The summed E-state index contributed by atoms with van der Waals surface area (Å²) in [7, 11) is 0. The fourth-order valence-corrected chi connectivity index (χ4v) is 3.55. The highest BCUT2D eigenvalue weighted by Crippen LogP contribution is 2.34. The lowest BCUT2D eigenvalue weighted by molar-refractivity contribution is 0.184. The number of amidine groups is 1. The van der Waals surface area contributed by atoms with Crippen molar-refractivity contribution < 1.29 is 4.74 Å². The van der Waals surface area contributed by atoms with Gasteiger partial charge in [0.05, 0.1) is 11.8 Å². The van der Waals surface area contributed by atoms with E-state index < -0.39 is 0 Å². The Morgan fingerprint density at radius 2 is 2.21 bits per heavy atom. The van der Waals surface area contributed by atoms with E-state index in [0.717, 1.165) is 37.4 Å². The minimum absolute atomic E-state index is 0.485. The molecule has 102 valence electrons. The fraction of sp³-hybridized carbons (Fsp3) is 0.533. The quantitative estimate of drug-likeness (QED) is 0.918. The molecular weight excluding hydrogens is 256 g/mol. The first-order chi connectivity index (χ1) is 9.42. The molecule has 0 spiro atoms. The summed E-state index contributed by atoms with van der Waals surface area (Å²) in [4.78, 5) is 4.59. The third kappa shape index (κ3) is 3.51. The van der Waals surface area contributed by atoms with Crippen molar-refractivity contribution in [3.63, 3.8) is 0 Å². The van der Waals surface area contributed by atoms with Gasteiger partial charge in [0.15, 0.2) is 5.17 Å². The van der Waals surface area contributed by atoms with Crippen LogP contribution in [0.3, 0.4) is 0 Å². The Morgan fingerprint density at radius 3 is 3.00 bits per heavy atom. The van der Waals surface area contributed by atoms with Gasteiger partial charge in [-0.2, -0.15) is 0 Å². The van der Waals surface area contributed by atoms with E-state index in [1.807, 2.05) is 11.8 Å². The summed E-state index contributed by atoms with van der Waals surface area (Å²) < 4.78 is 5.39. The maximum atomic E-state index is 5.39. The molecule has 3 nitrogen and oxygen atoms in total. The summed E-state index contributed by atoms with van der Waals surface area (Å²) in [5.74, 6) is 0.740. The highest BCUT2D eigenvalue weighted by molar-refractivity contribution is 8.14. The van der Waals surface area contributed by atoms with Crippen molar-refractivity contribution in [2.24, 2.45) is 10.9 Å². The van der Waals surface area contributed by atoms with Crippen LogP contribution >= 0.6 is 11.8 Å². The van der Waals surface area contributed by atoms with Crippen LogP contribution in [0.5, 0.6) is 0 Å². The van der Waals surface area contributed by atoms with E-state index in [0.29, 0.717) is 5.25 Å². The van der Waals surface area contributed by atoms with Gasteiger partial charge in [-0.3, -0.25) is 4.99 Å². The van der Waals surface area contributed by atoms with Crippen molar-refractivity contribution in [3.8, 4) is 0 Å². The molecule has 0 saturated carbocycles. The van der Waals surface area contributed by atoms with Gasteiger partial charge in [-0.05, 0) is 24.3 Å². The molecule has 0 aromatic heterocycles. The lowest BCUT2D eigenvalue weighted by Gasteiger charge is -2.11. The zero-order valence-corrected chi connectivity index (χ0v) is 11.9. The minimum atomic E-state index is 0.485. The van der Waals surface area contributed by atoms with Crippen molar-refractivity contribution in [2.45, 2.75) is 18.1 Å². The SMILES string of the molecule is c1ccc(C2CN=C(NCCC3CCOC3)S2)cc1. The topological polar surface area (TPSA) is 33.6 Å². The largest absolute Gasteiger partial charge is 0.381 e. The van der Waals surface area contributed by atoms with E-state index in [9.17, 15) is 0 Å². The maximum Gasteiger partial charge on any atom is 0.157 e. The predicted octanol–water partition coefficient (Wildman–Crippen LogP) is 2.85. The van der Waals surface area contributed by atoms with Crippen molar-refractivity contribution in [1.29, 1.82) is 0 Å². The summed E-state index contributed by atoms with van der Waals surface area (Å²) in [5.41, 5.74) is 1.37. The van der Waals surface area contributed by atoms with Crippen LogP contribution in [0.4, 0.5) is 0 Å². The van der Waals surface area contributed by atoms with Crippen molar-refractivity contribution in [3.05, 3.63) is 35.9 Å². The van der Waals surface area contributed by atoms with E-state index in [2.05, 4.69) is 40.6 Å².